The lowest BCUT2D eigenvalue weighted by atomic mass is 9.92. The highest BCUT2D eigenvalue weighted by atomic mass is 32.2. The number of thioether (sulfide) groups is 1. The van der Waals surface area contributed by atoms with E-state index in [-0.39, 0.29) is 17.5 Å². The summed E-state index contributed by atoms with van der Waals surface area (Å²) < 4.78 is 0. The molecule has 2 aromatic rings. The van der Waals surface area contributed by atoms with Crippen LogP contribution in [0.4, 0.5) is 0 Å². The number of Topliss-reactive ketones (excluding diaryl/α,β-unsaturated/α-hetero) is 1. The van der Waals surface area contributed by atoms with E-state index in [9.17, 15) is 9.59 Å². The molecule has 25 heavy (non-hydrogen) atoms. The normalized spacial score (nSPS) is 20.3. The number of rotatable bonds is 7. The minimum Gasteiger partial charge on any atom is -0.480 e. The molecular weight excluding hydrogens is 342 g/mol. The number of hydrogen-bond donors (Lipinski definition) is 2. The molecule has 1 aromatic heterocycles. The number of ketones is 1. The lowest BCUT2D eigenvalue weighted by Gasteiger charge is -2.27. The van der Waals surface area contributed by atoms with Crippen molar-refractivity contribution < 1.29 is 14.7 Å². The van der Waals surface area contributed by atoms with E-state index in [0.29, 0.717) is 30.2 Å². The molecule has 2 heterocycles. The van der Waals surface area contributed by atoms with Crippen molar-refractivity contribution in [3.63, 3.8) is 0 Å². The lowest BCUT2D eigenvalue weighted by molar-refractivity contribution is -0.140. The summed E-state index contributed by atoms with van der Waals surface area (Å²) in [6.07, 6.45) is 1.42. The zero-order chi connectivity index (χ0) is 17.6. The number of carboxylic acid groups (broad SMARTS) is 1. The second-order valence-electron chi connectivity index (χ2n) is 5.94. The second kappa shape index (κ2) is 8.21. The van der Waals surface area contributed by atoms with E-state index in [1.165, 1.54) is 16.6 Å². The summed E-state index contributed by atoms with van der Waals surface area (Å²) >= 11 is 1.25. The molecule has 132 valence electrons. The van der Waals surface area contributed by atoms with Gasteiger partial charge in [-0.2, -0.15) is 4.80 Å². The van der Waals surface area contributed by atoms with E-state index in [1.807, 2.05) is 18.2 Å². The summed E-state index contributed by atoms with van der Waals surface area (Å²) in [7, 11) is 0. The molecule has 2 unspecified atom stereocenters. The molecule has 0 radical (unpaired) electrons. The number of tetrazole rings is 1. The Hall–Kier alpha value is -2.26. The predicted octanol–water partition coefficient (Wildman–Crippen LogP) is 1.10. The van der Waals surface area contributed by atoms with Crippen LogP contribution in [0.15, 0.2) is 35.5 Å². The number of benzene rings is 1. The Labute approximate surface area is 149 Å². The van der Waals surface area contributed by atoms with Gasteiger partial charge in [0, 0.05) is 5.56 Å². The largest absolute Gasteiger partial charge is 0.480 e. The summed E-state index contributed by atoms with van der Waals surface area (Å²) in [5, 5.41) is 24.8. The van der Waals surface area contributed by atoms with Crippen molar-refractivity contribution in [1.82, 2.24) is 25.5 Å². The zero-order valence-electron chi connectivity index (χ0n) is 13.5. The van der Waals surface area contributed by atoms with Crippen LogP contribution in [0.5, 0.6) is 0 Å². The minimum atomic E-state index is -0.827. The highest BCUT2D eigenvalue weighted by molar-refractivity contribution is 7.99. The van der Waals surface area contributed by atoms with E-state index >= 15 is 0 Å². The quantitative estimate of drug-likeness (QED) is 0.557. The molecule has 1 aliphatic heterocycles. The standard InChI is InChI=1S/C16H19N5O3S/c22-14(12-4-2-1-3-5-12)10-25-16-18-20-21(19-16)9-11-6-7-17-13(8-11)15(23)24/h1-5,11,13,17H,6-10H2,(H,23,24). The molecule has 9 heteroatoms. The van der Waals surface area contributed by atoms with Gasteiger partial charge in [-0.25, -0.2) is 0 Å². The van der Waals surface area contributed by atoms with Crippen LogP contribution in [-0.2, 0) is 11.3 Å². The molecule has 3 rings (SSSR count). The predicted molar refractivity (Wildman–Crippen MR) is 91.5 cm³/mol. The Morgan fingerprint density at radius 1 is 1.32 bits per heavy atom. The Kier molecular flexibility index (Phi) is 5.77. The molecule has 0 spiro atoms. The van der Waals surface area contributed by atoms with Gasteiger partial charge in [-0.1, -0.05) is 42.1 Å². The first-order valence-corrected chi connectivity index (χ1v) is 9.05. The van der Waals surface area contributed by atoms with Crippen LogP contribution in [0.1, 0.15) is 23.2 Å². The van der Waals surface area contributed by atoms with Gasteiger partial charge in [0.25, 0.3) is 0 Å². The van der Waals surface area contributed by atoms with Crippen LogP contribution < -0.4 is 5.32 Å². The van der Waals surface area contributed by atoms with E-state index in [1.54, 1.807) is 12.1 Å². The Balaban J connectivity index is 1.50. The maximum atomic E-state index is 12.1. The number of carbonyl (C=O) groups is 2. The number of nitrogens with one attached hydrogen (secondary N) is 1. The van der Waals surface area contributed by atoms with Gasteiger partial charge in [0.1, 0.15) is 6.04 Å². The highest BCUT2D eigenvalue weighted by Gasteiger charge is 2.27. The molecular formula is C16H19N5O3S. The van der Waals surface area contributed by atoms with Gasteiger partial charge in [0.05, 0.1) is 12.3 Å². The lowest BCUT2D eigenvalue weighted by Crippen LogP contribution is -2.44. The minimum absolute atomic E-state index is 0.0182. The fourth-order valence-electron chi connectivity index (χ4n) is 2.78. The number of piperidine rings is 1. The first-order chi connectivity index (χ1) is 12.1. The van der Waals surface area contributed by atoms with E-state index in [0.717, 1.165) is 6.42 Å². The van der Waals surface area contributed by atoms with Crippen LogP contribution in [0.2, 0.25) is 0 Å². The fraction of sp³-hybridized carbons (Fsp3) is 0.438. The average molecular weight is 361 g/mol. The molecule has 0 saturated carbocycles. The first-order valence-electron chi connectivity index (χ1n) is 8.07. The van der Waals surface area contributed by atoms with E-state index in [2.05, 4.69) is 20.7 Å². The summed E-state index contributed by atoms with van der Waals surface area (Å²) in [5.74, 6) is -0.360. The number of aromatic nitrogens is 4. The molecule has 1 fully saturated rings. The number of nitrogens with zero attached hydrogens (tertiary/aromatic N) is 4. The van der Waals surface area contributed by atoms with Crippen molar-refractivity contribution in [2.75, 3.05) is 12.3 Å². The van der Waals surface area contributed by atoms with Gasteiger partial charge in [0.15, 0.2) is 5.78 Å². The summed E-state index contributed by atoms with van der Waals surface area (Å²) in [6, 6.07) is 8.57. The van der Waals surface area contributed by atoms with Crippen molar-refractivity contribution in [2.24, 2.45) is 5.92 Å². The van der Waals surface area contributed by atoms with Gasteiger partial charge in [-0.15, -0.1) is 10.2 Å². The van der Waals surface area contributed by atoms with Crippen molar-refractivity contribution in [1.29, 1.82) is 0 Å². The zero-order valence-corrected chi connectivity index (χ0v) is 14.4. The van der Waals surface area contributed by atoms with Crippen molar-refractivity contribution in [2.45, 2.75) is 30.6 Å². The highest BCUT2D eigenvalue weighted by Crippen LogP contribution is 2.19. The van der Waals surface area contributed by atoms with Crippen LogP contribution in [0.25, 0.3) is 0 Å². The SMILES string of the molecule is O=C(CSc1nnn(CC2CCNC(C(=O)O)C2)n1)c1ccccc1. The Bertz CT molecular complexity index is 736. The molecule has 8 nitrogen and oxygen atoms in total. The monoisotopic (exact) mass is 361 g/mol. The number of carbonyl (C=O) groups excluding carboxylic acids is 1. The third-order valence-electron chi connectivity index (χ3n) is 4.09. The van der Waals surface area contributed by atoms with Gasteiger partial charge >= 0.3 is 5.97 Å². The maximum Gasteiger partial charge on any atom is 0.320 e. The van der Waals surface area contributed by atoms with E-state index in [4.69, 9.17) is 5.11 Å². The van der Waals surface area contributed by atoms with Gasteiger partial charge in [-0.3, -0.25) is 9.59 Å². The van der Waals surface area contributed by atoms with Crippen molar-refractivity contribution in [3.8, 4) is 0 Å². The molecule has 2 N–H and O–H groups in total. The molecule has 0 amide bonds. The molecule has 0 bridgehead atoms. The summed E-state index contributed by atoms with van der Waals surface area (Å²) in [6.45, 7) is 1.20. The number of carboxylic acids is 1. The van der Waals surface area contributed by atoms with Gasteiger partial charge in [-0.05, 0) is 30.5 Å². The Morgan fingerprint density at radius 2 is 2.12 bits per heavy atom. The smallest absolute Gasteiger partial charge is 0.320 e. The molecule has 1 saturated heterocycles. The summed E-state index contributed by atoms with van der Waals surface area (Å²) in [4.78, 5) is 24.6. The van der Waals surface area contributed by atoms with Crippen molar-refractivity contribution >= 4 is 23.5 Å². The van der Waals surface area contributed by atoms with Crippen LogP contribution in [0, 0.1) is 5.92 Å². The first kappa shape index (κ1) is 17.6. The molecule has 0 aliphatic carbocycles. The van der Waals surface area contributed by atoms with Crippen LogP contribution >= 0.6 is 11.8 Å². The van der Waals surface area contributed by atoms with Crippen LogP contribution in [-0.4, -0.2) is 55.4 Å². The molecule has 1 aromatic carbocycles. The van der Waals surface area contributed by atoms with E-state index < -0.39 is 12.0 Å². The second-order valence-corrected chi connectivity index (χ2v) is 6.88. The van der Waals surface area contributed by atoms with Crippen LogP contribution in [0.3, 0.4) is 0 Å². The topological polar surface area (TPSA) is 110 Å². The van der Waals surface area contributed by atoms with Crippen molar-refractivity contribution in [3.05, 3.63) is 35.9 Å². The van der Waals surface area contributed by atoms with Gasteiger partial charge in [0.2, 0.25) is 5.16 Å². The fourth-order valence-corrected chi connectivity index (χ4v) is 3.46. The number of hydrogen-bond acceptors (Lipinski definition) is 7. The molecule has 2 atom stereocenters. The number of aliphatic carboxylic acids is 1. The third kappa shape index (κ3) is 4.86. The van der Waals surface area contributed by atoms with Gasteiger partial charge < -0.3 is 10.4 Å². The average Bonchev–Trinajstić information content (AvgIpc) is 3.08. The molecule has 1 aliphatic rings. The summed E-state index contributed by atoms with van der Waals surface area (Å²) in [5.41, 5.74) is 0.664. The third-order valence-corrected chi connectivity index (χ3v) is 4.92. The maximum absolute atomic E-state index is 12.1. The Morgan fingerprint density at radius 3 is 2.88 bits per heavy atom.